The number of aryl methyl sites for hydroxylation is 1. The molecule has 0 aliphatic carbocycles. The van der Waals surface area contributed by atoms with Crippen LogP contribution in [0.3, 0.4) is 0 Å². The molecule has 0 saturated carbocycles. The number of thiophene rings is 1. The lowest BCUT2D eigenvalue weighted by Gasteiger charge is -2.27. The maximum absolute atomic E-state index is 13.8. The Morgan fingerprint density at radius 3 is 2.48 bits per heavy atom. The van der Waals surface area contributed by atoms with Crippen molar-refractivity contribution in [2.24, 2.45) is 0 Å². The normalized spacial score (nSPS) is 14.7. The lowest BCUT2D eigenvalue weighted by Crippen LogP contribution is -2.40. The molecule has 7 nitrogen and oxygen atoms in total. The number of morpholine rings is 1. The largest absolute Gasteiger partial charge is 0.497 e. The van der Waals surface area contributed by atoms with Crippen LogP contribution in [0.5, 0.6) is 5.75 Å². The van der Waals surface area contributed by atoms with Gasteiger partial charge in [0.15, 0.2) is 0 Å². The van der Waals surface area contributed by atoms with Crippen molar-refractivity contribution in [1.29, 1.82) is 0 Å². The zero-order valence-electron chi connectivity index (χ0n) is 18.6. The summed E-state index contributed by atoms with van der Waals surface area (Å²) in [5.41, 5.74) is 1.78. The molecule has 1 aliphatic heterocycles. The first-order chi connectivity index (χ1) is 15.9. The molecule has 1 fully saturated rings. The molecule has 33 heavy (non-hydrogen) atoms. The zero-order chi connectivity index (χ0) is 23.4. The van der Waals surface area contributed by atoms with Gasteiger partial charge in [-0.05, 0) is 60.3 Å². The lowest BCUT2D eigenvalue weighted by molar-refractivity contribution is 0.0730. The fourth-order valence-corrected chi connectivity index (χ4v) is 5.80. The van der Waals surface area contributed by atoms with Gasteiger partial charge in [-0.2, -0.15) is 4.31 Å². The van der Waals surface area contributed by atoms with Crippen LogP contribution >= 0.6 is 11.3 Å². The highest BCUT2D eigenvalue weighted by molar-refractivity contribution is 7.89. The molecule has 4 rings (SSSR count). The van der Waals surface area contributed by atoms with Crippen LogP contribution in [-0.2, 0) is 21.3 Å². The molecule has 0 bridgehead atoms. The molecule has 0 unspecified atom stereocenters. The van der Waals surface area contributed by atoms with Crippen LogP contribution in [0.4, 0.5) is 5.69 Å². The summed E-state index contributed by atoms with van der Waals surface area (Å²) in [7, 11) is -2.13. The van der Waals surface area contributed by atoms with Crippen LogP contribution < -0.4 is 9.64 Å². The summed E-state index contributed by atoms with van der Waals surface area (Å²) in [6.07, 6.45) is 0. The van der Waals surface area contributed by atoms with E-state index in [-0.39, 0.29) is 10.8 Å². The van der Waals surface area contributed by atoms with E-state index < -0.39 is 10.0 Å². The first-order valence-electron chi connectivity index (χ1n) is 10.6. The van der Waals surface area contributed by atoms with Crippen molar-refractivity contribution in [3.05, 3.63) is 76.0 Å². The third kappa shape index (κ3) is 5.11. The quantitative estimate of drug-likeness (QED) is 0.506. The number of sulfonamides is 1. The van der Waals surface area contributed by atoms with Crippen LogP contribution in [-0.4, -0.2) is 52.0 Å². The molecule has 2 heterocycles. The number of ether oxygens (including phenoxy) is 2. The minimum absolute atomic E-state index is 0.115. The molecule has 0 radical (unpaired) electrons. The van der Waals surface area contributed by atoms with Gasteiger partial charge in [-0.15, -0.1) is 11.3 Å². The number of methoxy groups -OCH3 is 1. The SMILES string of the molecule is COc1ccc(N(Cc2cccs2)C(=O)c2cc(S(=O)(=O)N3CCOCC3)ccc2C)cc1. The summed E-state index contributed by atoms with van der Waals surface area (Å²) >= 11 is 1.56. The summed E-state index contributed by atoms with van der Waals surface area (Å²) in [5, 5.41) is 1.97. The Kier molecular flexibility index (Phi) is 7.14. The summed E-state index contributed by atoms with van der Waals surface area (Å²) in [6.45, 7) is 3.52. The number of hydrogen-bond donors (Lipinski definition) is 0. The molecule has 9 heteroatoms. The molecule has 1 saturated heterocycles. The van der Waals surface area contributed by atoms with E-state index in [0.29, 0.717) is 55.4 Å². The second-order valence-electron chi connectivity index (χ2n) is 7.66. The molecule has 1 amide bonds. The van der Waals surface area contributed by atoms with Crippen molar-refractivity contribution in [1.82, 2.24) is 4.31 Å². The highest BCUT2D eigenvalue weighted by Gasteiger charge is 2.28. The summed E-state index contributed by atoms with van der Waals surface area (Å²) in [4.78, 5) is 16.6. The molecular weight excluding hydrogens is 460 g/mol. The second kappa shape index (κ2) is 10.0. The molecule has 1 aliphatic rings. The monoisotopic (exact) mass is 486 g/mol. The number of rotatable bonds is 7. The molecule has 0 spiro atoms. The third-order valence-corrected chi connectivity index (χ3v) is 8.33. The van der Waals surface area contributed by atoms with Crippen molar-refractivity contribution in [2.45, 2.75) is 18.4 Å². The lowest BCUT2D eigenvalue weighted by atomic mass is 10.1. The van der Waals surface area contributed by atoms with Crippen LogP contribution in [0, 0.1) is 6.92 Å². The second-order valence-corrected chi connectivity index (χ2v) is 10.6. The number of hydrogen-bond acceptors (Lipinski definition) is 6. The van der Waals surface area contributed by atoms with E-state index >= 15 is 0 Å². The fourth-order valence-electron chi connectivity index (χ4n) is 3.67. The van der Waals surface area contributed by atoms with Crippen molar-refractivity contribution >= 4 is 33.0 Å². The van der Waals surface area contributed by atoms with Gasteiger partial charge >= 0.3 is 0 Å². The molecule has 2 aromatic carbocycles. The first kappa shape index (κ1) is 23.4. The van der Waals surface area contributed by atoms with Crippen molar-refractivity contribution in [3.63, 3.8) is 0 Å². The first-order valence-corrected chi connectivity index (χ1v) is 12.9. The Balaban J connectivity index is 1.71. The zero-order valence-corrected chi connectivity index (χ0v) is 20.2. The number of benzene rings is 2. The van der Waals surface area contributed by atoms with Gasteiger partial charge in [0.25, 0.3) is 5.91 Å². The van der Waals surface area contributed by atoms with Crippen LogP contribution in [0.1, 0.15) is 20.8 Å². The number of nitrogens with zero attached hydrogens (tertiary/aromatic N) is 2. The van der Waals surface area contributed by atoms with Gasteiger partial charge in [-0.25, -0.2) is 8.42 Å². The standard InChI is InChI=1S/C24H26N2O5S2/c1-18-5-10-22(33(28,29)25-11-13-31-14-12-25)16-23(18)24(27)26(17-21-4-3-15-32-21)19-6-8-20(30-2)9-7-19/h3-10,15-16H,11-14,17H2,1-2H3. The maximum Gasteiger partial charge on any atom is 0.258 e. The molecule has 1 aromatic heterocycles. The average Bonchev–Trinajstić information content (AvgIpc) is 3.36. The van der Waals surface area contributed by atoms with E-state index in [1.807, 2.05) is 36.6 Å². The summed E-state index contributed by atoms with van der Waals surface area (Å²) in [6, 6.07) is 15.9. The Bertz CT molecular complexity index is 1200. The van der Waals surface area contributed by atoms with E-state index in [4.69, 9.17) is 9.47 Å². The van der Waals surface area contributed by atoms with Gasteiger partial charge in [-0.3, -0.25) is 4.79 Å². The smallest absolute Gasteiger partial charge is 0.258 e. The minimum Gasteiger partial charge on any atom is -0.497 e. The highest BCUT2D eigenvalue weighted by atomic mass is 32.2. The maximum atomic E-state index is 13.8. The minimum atomic E-state index is -3.72. The Morgan fingerprint density at radius 2 is 1.85 bits per heavy atom. The van der Waals surface area contributed by atoms with Gasteiger partial charge in [-0.1, -0.05) is 12.1 Å². The van der Waals surface area contributed by atoms with Gasteiger partial charge in [0.1, 0.15) is 5.75 Å². The number of carbonyl (C=O) groups is 1. The van der Waals surface area contributed by atoms with E-state index in [1.165, 1.54) is 10.4 Å². The Labute approximate surface area is 198 Å². The van der Waals surface area contributed by atoms with E-state index in [2.05, 4.69) is 0 Å². The number of anilines is 1. The van der Waals surface area contributed by atoms with E-state index in [1.54, 1.807) is 47.6 Å². The average molecular weight is 487 g/mol. The number of carbonyl (C=O) groups excluding carboxylic acids is 1. The number of amides is 1. The van der Waals surface area contributed by atoms with Crippen molar-refractivity contribution in [2.75, 3.05) is 38.3 Å². The van der Waals surface area contributed by atoms with E-state index in [9.17, 15) is 13.2 Å². The summed E-state index contributed by atoms with van der Waals surface area (Å²) in [5.74, 6) is 0.433. The molecule has 174 valence electrons. The van der Waals surface area contributed by atoms with E-state index in [0.717, 1.165) is 4.88 Å². The molecular formula is C24H26N2O5S2. The van der Waals surface area contributed by atoms with Gasteiger partial charge in [0, 0.05) is 29.2 Å². The topological polar surface area (TPSA) is 76.2 Å². The summed E-state index contributed by atoms with van der Waals surface area (Å²) < 4.78 is 38.3. The Morgan fingerprint density at radius 1 is 1.12 bits per heavy atom. The molecule has 0 N–H and O–H groups in total. The molecule has 3 aromatic rings. The predicted molar refractivity (Wildman–Crippen MR) is 129 cm³/mol. The molecule has 0 atom stereocenters. The van der Waals surface area contributed by atoms with Gasteiger partial charge < -0.3 is 14.4 Å². The third-order valence-electron chi connectivity index (χ3n) is 5.57. The van der Waals surface area contributed by atoms with Crippen LogP contribution in [0.2, 0.25) is 0 Å². The van der Waals surface area contributed by atoms with Gasteiger partial charge in [0.2, 0.25) is 10.0 Å². The van der Waals surface area contributed by atoms with Crippen molar-refractivity contribution < 1.29 is 22.7 Å². The highest BCUT2D eigenvalue weighted by Crippen LogP contribution is 2.27. The predicted octanol–water partition coefficient (Wildman–Crippen LogP) is 3.93. The van der Waals surface area contributed by atoms with Crippen LogP contribution in [0.25, 0.3) is 0 Å². The van der Waals surface area contributed by atoms with Crippen molar-refractivity contribution in [3.8, 4) is 5.75 Å². The fraction of sp³-hybridized carbons (Fsp3) is 0.292. The van der Waals surface area contributed by atoms with Gasteiger partial charge in [0.05, 0.1) is 31.8 Å². The van der Waals surface area contributed by atoms with Crippen LogP contribution in [0.15, 0.2) is 64.9 Å². The Hall–Kier alpha value is -2.72.